The van der Waals surface area contributed by atoms with Gasteiger partial charge in [-0.15, -0.1) is 0 Å². The van der Waals surface area contributed by atoms with Crippen molar-refractivity contribution in [2.24, 2.45) is 0 Å². The van der Waals surface area contributed by atoms with Crippen molar-refractivity contribution in [2.45, 2.75) is 6.54 Å². The van der Waals surface area contributed by atoms with Crippen LogP contribution in [0.4, 0.5) is 5.69 Å². The Bertz CT molecular complexity index is 822. The summed E-state index contributed by atoms with van der Waals surface area (Å²) in [6.07, 6.45) is 2.83. The zero-order valence-electron chi connectivity index (χ0n) is 12.9. The maximum atomic E-state index is 11.8. The molecule has 0 saturated carbocycles. The summed E-state index contributed by atoms with van der Waals surface area (Å²) in [6, 6.07) is 13.2. The average Bonchev–Trinajstić information content (AvgIpc) is 2.59. The highest BCUT2D eigenvalue weighted by atomic mass is 35.5. The highest BCUT2D eigenvalue weighted by Gasteiger charge is 2.04. The molecule has 2 aromatic carbocycles. The minimum absolute atomic E-state index is 0.00782. The molecule has 2 aromatic rings. The van der Waals surface area contributed by atoms with Crippen LogP contribution in [0.1, 0.15) is 11.1 Å². The maximum absolute atomic E-state index is 11.8. The van der Waals surface area contributed by atoms with Crippen molar-refractivity contribution in [2.75, 3.05) is 0 Å². The quantitative estimate of drug-likeness (QED) is 0.362. The Morgan fingerprint density at radius 2 is 1.88 bits per heavy atom. The Balaban J connectivity index is 1.83. The average molecular weight is 376 g/mol. The van der Waals surface area contributed by atoms with E-state index in [4.69, 9.17) is 23.8 Å². The van der Waals surface area contributed by atoms with Crippen LogP contribution in [0.5, 0.6) is 0 Å². The fraction of sp³-hybridized carbons (Fsp3) is 0.0588. The summed E-state index contributed by atoms with van der Waals surface area (Å²) >= 11 is 11.1. The van der Waals surface area contributed by atoms with E-state index < -0.39 is 10.8 Å². The van der Waals surface area contributed by atoms with Crippen molar-refractivity contribution < 1.29 is 9.72 Å². The SMILES string of the molecule is O=C(/C=C/c1ccc([N+](=O)[O-])cc1)NC(=S)NCc1ccccc1Cl. The van der Waals surface area contributed by atoms with Crippen molar-refractivity contribution in [3.05, 3.63) is 80.9 Å². The number of hydrogen-bond donors (Lipinski definition) is 2. The summed E-state index contributed by atoms with van der Waals surface area (Å²) in [5.74, 6) is -0.407. The van der Waals surface area contributed by atoms with Gasteiger partial charge < -0.3 is 5.32 Å². The molecule has 6 nitrogen and oxygen atoms in total. The molecular weight excluding hydrogens is 362 g/mol. The van der Waals surface area contributed by atoms with E-state index in [0.717, 1.165) is 5.56 Å². The number of amides is 1. The van der Waals surface area contributed by atoms with E-state index in [1.165, 1.54) is 24.3 Å². The number of non-ortho nitro benzene ring substituents is 1. The Labute approximate surface area is 154 Å². The molecule has 0 bridgehead atoms. The number of hydrogen-bond acceptors (Lipinski definition) is 4. The van der Waals surface area contributed by atoms with E-state index in [2.05, 4.69) is 10.6 Å². The molecule has 0 saturated heterocycles. The number of nitrogens with zero attached hydrogens (tertiary/aromatic N) is 1. The first-order chi connectivity index (χ1) is 12.0. The Morgan fingerprint density at radius 1 is 1.20 bits per heavy atom. The highest BCUT2D eigenvalue weighted by Crippen LogP contribution is 2.14. The summed E-state index contributed by atoms with van der Waals surface area (Å²) in [5.41, 5.74) is 1.52. The number of nitro groups is 1. The second-order valence-corrected chi connectivity index (χ2v) is 5.76. The number of rotatable bonds is 5. The van der Waals surface area contributed by atoms with E-state index in [1.54, 1.807) is 18.2 Å². The van der Waals surface area contributed by atoms with Gasteiger partial charge in [0.1, 0.15) is 0 Å². The molecule has 0 atom stereocenters. The molecule has 0 aliphatic heterocycles. The number of carbonyl (C=O) groups excluding carboxylic acids is 1. The lowest BCUT2D eigenvalue weighted by Crippen LogP contribution is -2.38. The van der Waals surface area contributed by atoms with Crippen LogP contribution in [-0.2, 0) is 11.3 Å². The molecule has 0 aromatic heterocycles. The second-order valence-electron chi connectivity index (χ2n) is 4.95. The van der Waals surface area contributed by atoms with E-state index in [9.17, 15) is 14.9 Å². The number of nitro benzene ring substituents is 1. The second kappa shape index (κ2) is 8.91. The molecule has 0 heterocycles. The molecule has 25 heavy (non-hydrogen) atoms. The van der Waals surface area contributed by atoms with Crippen molar-refractivity contribution in [1.29, 1.82) is 0 Å². The third kappa shape index (κ3) is 5.98. The zero-order chi connectivity index (χ0) is 18.2. The van der Waals surface area contributed by atoms with E-state index in [1.807, 2.05) is 18.2 Å². The first kappa shape index (κ1) is 18.6. The molecule has 128 valence electrons. The minimum Gasteiger partial charge on any atom is -0.358 e. The monoisotopic (exact) mass is 375 g/mol. The van der Waals surface area contributed by atoms with Crippen LogP contribution in [0.2, 0.25) is 5.02 Å². The molecule has 0 aliphatic carbocycles. The number of benzene rings is 2. The van der Waals surface area contributed by atoms with Crippen LogP contribution in [0.25, 0.3) is 6.08 Å². The van der Waals surface area contributed by atoms with Gasteiger partial charge in [-0.25, -0.2) is 0 Å². The van der Waals surface area contributed by atoms with Gasteiger partial charge in [-0.2, -0.15) is 0 Å². The molecule has 8 heteroatoms. The normalized spacial score (nSPS) is 10.4. The van der Waals surface area contributed by atoms with Crippen molar-refractivity contribution >= 4 is 46.6 Å². The number of halogens is 1. The summed E-state index contributed by atoms with van der Waals surface area (Å²) in [5, 5.41) is 16.8. The molecule has 0 unspecified atom stereocenters. The van der Waals surface area contributed by atoms with E-state index in [-0.39, 0.29) is 10.8 Å². The molecule has 0 radical (unpaired) electrons. The molecule has 2 rings (SSSR count). The van der Waals surface area contributed by atoms with Crippen molar-refractivity contribution in [3.63, 3.8) is 0 Å². The van der Waals surface area contributed by atoms with E-state index >= 15 is 0 Å². The fourth-order valence-electron chi connectivity index (χ4n) is 1.89. The van der Waals surface area contributed by atoms with Gasteiger partial charge in [0.05, 0.1) is 4.92 Å². The van der Waals surface area contributed by atoms with Gasteiger partial charge in [0.2, 0.25) is 5.91 Å². The van der Waals surface area contributed by atoms with Gasteiger partial charge in [0, 0.05) is 29.8 Å². The predicted molar refractivity (Wildman–Crippen MR) is 101 cm³/mol. The maximum Gasteiger partial charge on any atom is 0.269 e. The van der Waals surface area contributed by atoms with Crippen LogP contribution in [0.15, 0.2) is 54.6 Å². The van der Waals surface area contributed by atoms with Crippen LogP contribution in [0, 0.1) is 10.1 Å². The first-order valence-corrected chi connectivity index (χ1v) is 7.99. The fourth-order valence-corrected chi connectivity index (χ4v) is 2.27. The summed E-state index contributed by atoms with van der Waals surface area (Å²) in [7, 11) is 0. The number of nitrogens with one attached hydrogen (secondary N) is 2. The Kier molecular flexibility index (Phi) is 6.62. The molecule has 0 fully saturated rings. The third-order valence-corrected chi connectivity index (χ3v) is 3.78. The van der Waals surface area contributed by atoms with Gasteiger partial charge in [-0.05, 0) is 47.6 Å². The lowest BCUT2D eigenvalue weighted by atomic mass is 10.2. The molecule has 0 aliphatic rings. The van der Waals surface area contributed by atoms with E-state index in [0.29, 0.717) is 17.1 Å². The largest absolute Gasteiger partial charge is 0.358 e. The molecule has 2 N–H and O–H groups in total. The van der Waals surface area contributed by atoms with Gasteiger partial charge in [-0.1, -0.05) is 29.8 Å². The number of thiocarbonyl (C=S) groups is 1. The summed E-state index contributed by atoms with van der Waals surface area (Å²) in [6.45, 7) is 0.394. The van der Waals surface area contributed by atoms with Crippen LogP contribution in [-0.4, -0.2) is 15.9 Å². The smallest absolute Gasteiger partial charge is 0.269 e. The molecule has 1 amide bonds. The van der Waals surface area contributed by atoms with Crippen molar-refractivity contribution in [1.82, 2.24) is 10.6 Å². The van der Waals surface area contributed by atoms with Gasteiger partial charge in [-0.3, -0.25) is 20.2 Å². The van der Waals surface area contributed by atoms with Gasteiger partial charge in [0.15, 0.2) is 5.11 Å². The minimum atomic E-state index is -0.483. The highest BCUT2D eigenvalue weighted by molar-refractivity contribution is 7.80. The summed E-state index contributed by atoms with van der Waals surface area (Å²) in [4.78, 5) is 21.9. The summed E-state index contributed by atoms with van der Waals surface area (Å²) < 4.78 is 0. The Morgan fingerprint density at radius 3 is 2.52 bits per heavy atom. The lowest BCUT2D eigenvalue weighted by Gasteiger charge is -2.09. The first-order valence-electron chi connectivity index (χ1n) is 7.20. The molecule has 0 spiro atoms. The third-order valence-electron chi connectivity index (χ3n) is 3.17. The number of carbonyl (C=O) groups is 1. The molecular formula is C17H14ClN3O3S. The van der Waals surface area contributed by atoms with Crippen molar-refractivity contribution in [3.8, 4) is 0 Å². The standard InChI is InChI=1S/C17H14ClN3O3S/c18-15-4-2-1-3-13(15)11-19-17(25)20-16(22)10-7-12-5-8-14(9-6-12)21(23)24/h1-10H,11H2,(H2,19,20,22,25)/b10-7+. The topological polar surface area (TPSA) is 84.3 Å². The predicted octanol–water partition coefficient (Wildman–Crippen LogP) is 3.45. The van der Waals surface area contributed by atoms with Crippen LogP contribution >= 0.6 is 23.8 Å². The zero-order valence-corrected chi connectivity index (χ0v) is 14.5. The van der Waals surface area contributed by atoms with Crippen LogP contribution in [0.3, 0.4) is 0 Å². The van der Waals surface area contributed by atoms with Crippen LogP contribution < -0.4 is 10.6 Å². The Hall–Kier alpha value is -2.77. The lowest BCUT2D eigenvalue weighted by molar-refractivity contribution is -0.384. The van der Waals surface area contributed by atoms with Gasteiger partial charge >= 0.3 is 0 Å². The van der Waals surface area contributed by atoms with Gasteiger partial charge in [0.25, 0.3) is 5.69 Å².